The SMILES string of the molecule is COC(=O)CN1C(=O)C2C3CC(C2C1=O)C1C(c2ccccc2O)c2sc(=S)[nH]c2SC31. The number of phenolic OH excluding ortho intramolecular Hbond substituents is 1. The van der Waals surface area contributed by atoms with Gasteiger partial charge in [-0.2, -0.15) is 0 Å². The number of aromatic amines is 1. The van der Waals surface area contributed by atoms with E-state index in [4.69, 9.17) is 17.0 Å². The van der Waals surface area contributed by atoms with Gasteiger partial charge < -0.3 is 14.8 Å². The van der Waals surface area contributed by atoms with Crippen molar-refractivity contribution in [2.45, 2.75) is 22.6 Å². The van der Waals surface area contributed by atoms with Gasteiger partial charge in [-0.15, -0.1) is 23.1 Å². The van der Waals surface area contributed by atoms with Gasteiger partial charge in [0.05, 0.1) is 24.0 Å². The maximum Gasteiger partial charge on any atom is 0.325 e. The Morgan fingerprint density at radius 3 is 2.69 bits per heavy atom. The normalized spacial score (nSPS) is 34.4. The average Bonchev–Trinajstić information content (AvgIpc) is 3.50. The summed E-state index contributed by atoms with van der Waals surface area (Å²) in [6.07, 6.45) is 0.807. The quantitative estimate of drug-likeness (QED) is 0.389. The molecule has 1 saturated heterocycles. The number of ether oxygens (including phenoxy) is 1. The summed E-state index contributed by atoms with van der Waals surface area (Å²) in [5, 5.41) is 11.9. The Labute approximate surface area is 197 Å². The van der Waals surface area contributed by atoms with E-state index in [0.29, 0.717) is 3.95 Å². The van der Waals surface area contributed by atoms with Gasteiger partial charge in [0.1, 0.15) is 12.3 Å². The fraction of sp³-hybridized carbons (Fsp3) is 0.455. The third-order valence-electron chi connectivity index (χ3n) is 7.60. The summed E-state index contributed by atoms with van der Waals surface area (Å²) < 4.78 is 5.38. The Morgan fingerprint density at radius 1 is 1.25 bits per heavy atom. The van der Waals surface area contributed by atoms with Crippen molar-refractivity contribution in [3.05, 3.63) is 38.7 Å². The van der Waals surface area contributed by atoms with Crippen LogP contribution in [-0.2, 0) is 19.1 Å². The number of benzene rings is 1. The molecule has 2 aliphatic carbocycles. The van der Waals surface area contributed by atoms with Gasteiger partial charge in [0.25, 0.3) is 0 Å². The fourth-order valence-electron chi connectivity index (χ4n) is 6.53. The lowest BCUT2D eigenvalue weighted by molar-refractivity contribution is -0.151. The number of nitrogens with one attached hydrogen (secondary N) is 1. The molecule has 2 N–H and O–H groups in total. The van der Waals surface area contributed by atoms with Gasteiger partial charge >= 0.3 is 5.97 Å². The number of esters is 1. The van der Waals surface area contributed by atoms with Crippen LogP contribution in [0.15, 0.2) is 29.3 Å². The van der Waals surface area contributed by atoms with Gasteiger partial charge in [0, 0.05) is 21.6 Å². The molecular formula is C22H20N2O5S3. The van der Waals surface area contributed by atoms with Crippen LogP contribution in [0.5, 0.6) is 5.75 Å². The minimum atomic E-state index is -0.590. The molecule has 32 heavy (non-hydrogen) atoms. The molecule has 6 rings (SSSR count). The van der Waals surface area contributed by atoms with Crippen LogP contribution in [0.3, 0.4) is 0 Å². The number of aromatic nitrogens is 1. The highest BCUT2D eigenvalue weighted by Crippen LogP contribution is 2.69. The molecule has 10 heteroatoms. The molecule has 0 radical (unpaired) electrons. The van der Waals surface area contributed by atoms with Crippen LogP contribution in [0.4, 0.5) is 0 Å². The minimum absolute atomic E-state index is 0.00928. The highest BCUT2D eigenvalue weighted by Gasteiger charge is 2.69. The Hall–Kier alpha value is -2.17. The van der Waals surface area contributed by atoms with E-state index < -0.39 is 11.9 Å². The number of rotatable bonds is 3. The van der Waals surface area contributed by atoms with E-state index in [0.717, 1.165) is 26.8 Å². The number of nitrogens with zero attached hydrogens (tertiary/aromatic N) is 1. The van der Waals surface area contributed by atoms with Crippen molar-refractivity contribution in [1.82, 2.24) is 9.88 Å². The molecule has 2 aliphatic heterocycles. The van der Waals surface area contributed by atoms with Crippen molar-refractivity contribution >= 4 is 53.1 Å². The van der Waals surface area contributed by atoms with Crippen LogP contribution in [0.25, 0.3) is 0 Å². The van der Waals surface area contributed by atoms with Crippen LogP contribution in [0.2, 0.25) is 0 Å². The van der Waals surface area contributed by atoms with Crippen LogP contribution in [0, 0.1) is 33.5 Å². The van der Waals surface area contributed by atoms with Gasteiger partial charge in [-0.05, 0) is 42.5 Å². The molecule has 2 aromatic rings. The highest BCUT2D eigenvalue weighted by molar-refractivity contribution is 8.00. The van der Waals surface area contributed by atoms with Crippen molar-refractivity contribution in [2.75, 3.05) is 13.7 Å². The summed E-state index contributed by atoms with van der Waals surface area (Å²) in [5.41, 5.74) is 0.835. The lowest BCUT2D eigenvalue weighted by atomic mass is 9.68. The molecule has 0 spiro atoms. The lowest BCUT2D eigenvalue weighted by Gasteiger charge is -2.43. The first-order chi connectivity index (χ1) is 15.4. The van der Waals surface area contributed by atoms with Crippen LogP contribution < -0.4 is 0 Å². The molecule has 7 atom stereocenters. The number of phenols is 1. The second-order valence-corrected chi connectivity index (χ2v) is 11.8. The fourth-order valence-corrected chi connectivity index (χ4v) is 9.85. The number of thiazole rings is 1. The number of carbonyl (C=O) groups is 3. The van der Waals surface area contributed by atoms with Crippen molar-refractivity contribution in [3.8, 4) is 5.75 Å². The Kier molecular flexibility index (Phi) is 4.58. The number of hydrogen-bond acceptors (Lipinski definition) is 8. The van der Waals surface area contributed by atoms with E-state index in [9.17, 15) is 19.5 Å². The van der Waals surface area contributed by atoms with Gasteiger partial charge in [0.15, 0.2) is 3.95 Å². The van der Waals surface area contributed by atoms with E-state index in [1.807, 2.05) is 12.1 Å². The first-order valence-corrected chi connectivity index (χ1v) is 12.6. The summed E-state index contributed by atoms with van der Waals surface area (Å²) >= 11 is 8.68. The molecule has 2 saturated carbocycles. The zero-order valence-corrected chi connectivity index (χ0v) is 19.5. The third kappa shape index (κ3) is 2.66. The van der Waals surface area contributed by atoms with Crippen molar-refractivity contribution < 1.29 is 24.2 Å². The van der Waals surface area contributed by atoms with E-state index in [-0.39, 0.29) is 58.9 Å². The number of amides is 2. The number of H-pyrrole nitrogens is 1. The highest BCUT2D eigenvalue weighted by atomic mass is 32.2. The van der Waals surface area contributed by atoms with Crippen molar-refractivity contribution in [3.63, 3.8) is 0 Å². The standard InChI is InChI=1S/C22H20N2O5S3/c1-29-12(26)7-24-20(27)15-9-6-10(16(15)21(24)28)17-14(9)13(8-4-2-3-5-11(8)25)18-19(31-17)23-22(30)32-18/h2-5,9-10,13-17,25H,6-7H2,1H3,(H,23,30). The molecule has 7 nitrogen and oxygen atoms in total. The monoisotopic (exact) mass is 488 g/mol. The predicted molar refractivity (Wildman–Crippen MR) is 120 cm³/mol. The topological polar surface area (TPSA) is 99.7 Å². The van der Waals surface area contributed by atoms with Crippen LogP contribution in [-0.4, -0.2) is 51.7 Å². The number of thioether (sulfide) groups is 1. The molecule has 2 bridgehead atoms. The maximum atomic E-state index is 13.3. The number of carbonyl (C=O) groups excluding carboxylic acids is 3. The summed E-state index contributed by atoms with van der Waals surface area (Å²) in [7, 11) is 1.25. The first-order valence-electron chi connectivity index (χ1n) is 10.5. The number of hydrogen-bond donors (Lipinski definition) is 2. The lowest BCUT2D eigenvalue weighted by Crippen LogP contribution is -2.42. The number of methoxy groups -OCH3 is 1. The Balaban J connectivity index is 1.44. The molecule has 3 heterocycles. The predicted octanol–water partition coefficient (Wildman–Crippen LogP) is 3.16. The molecule has 7 unspecified atom stereocenters. The molecule has 166 valence electrons. The zero-order chi connectivity index (χ0) is 22.3. The maximum absolute atomic E-state index is 13.3. The molecule has 1 aromatic heterocycles. The van der Waals surface area contributed by atoms with E-state index >= 15 is 0 Å². The first kappa shape index (κ1) is 20.4. The van der Waals surface area contributed by atoms with Gasteiger partial charge in [-0.25, -0.2) is 0 Å². The van der Waals surface area contributed by atoms with E-state index in [1.54, 1.807) is 23.9 Å². The molecule has 4 aliphatic rings. The Morgan fingerprint density at radius 2 is 1.97 bits per heavy atom. The van der Waals surface area contributed by atoms with Crippen LogP contribution >= 0.6 is 35.3 Å². The largest absolute Gasteiger partial charge is 0.508 e. The number of likely N-dealkylation sites (tertiary alicyclic amines) is 1. The van der Waals surface area contributed by atoms with Crippen LogP contribution in [0.1, 0.15) is 22.8 Å². The average molecular weight is 489 g/mol. The smallest absolute Gasteiger partial charge is 0.325 e. The molecule has 2 amide bonds. The van der Waals surface area contributed by atoms with Crippen molar-refractivity contribution in [2.24, 2.45) is 29.6 Å². The summed E-state index contributed by atoms with van der Waals surface area (Å²) in [6, 6.07) is 7.34. The van der Waals surface area contributed by atoms with E-state index in [1.165, 1.54) is 18.4 Å². The molecule has 3 fully saturated rings. The summed E-state index contributed by atoms with van der Waals surface area (Å²) in [4.78, 5) is 43.8. The molecular weight excluding hydrogens is 468 g/mol. The summed E-state index contributed by atoms with van der Waals surface area (Å²) in [5.74, 6) is -1.61. The van der Waals surface area contributed by atoms with Gasteiger partial charge in [0.2, 0.25) is 11.8 Å². The molecule has 1 aromatic carbocycles. The summed E-state index contributed by atoms with van der Waals surface area (Å²) in [6.45, 7) is -0.327. The van der Waals surface area contributed by atoms with Crippen molar-refractivity contribution in [1.29, 1.82) is 0 Å². The van der Waals surface area contributed by atoms with E-state index in [2.05, 4.69) is 4.98 Å². The number of fused-ring (bicyclic) bond motifs is 9. The third-order valence-corrected chi connectivity index (χ3v) is 10.5. The van der Waals surface area contributed by atoms with Gasteiger partial charge in [-0.1, -0.05) is 18.2 Å². The van der Waals surface area contributed by atoms with Gasteiger partial charge in [-0.3, -0.25) is 19.3 Å². The second-order valence-electron chi connectivity index (χ2n) is 8.86. The number of imide groups is 1. The second kappa shape index (κ2) is 7.16. The number of aromatic hydroxyl groups is 1. The zero-order valence-electron chi connectivity index (χ0n) is 17.0. The number of para-hydroxylation sites is 1. The minimum Gasteiger partial charge on any atom is -0.508 e. The Bertz CT molecular complexity index is 1220.